The smallest absolute Gasteiger partial charge is 0.310 e. The van der Waals surface area contributed by atoms with E-state index in [0.29, 0.717) is 18.2 Å². The molecule has 0 bridgehead atoms. The Labute approximate surface area is 122 Å². The summed E-state index contributed by atoms with van der Waals surface area (Å²) in [4.78, 5) is 22.3. The summed E-state index contributed by atoms with van der Waals surface area (Å²) in [7, 11) is 1.34. The molecule has 114 valence electrons. The molecule has 2 N–H and O–H groups in total. The molecule has 0 aromatic heterocycles. The zero-order valence-corrected chi connectivity index (χ0v) is 11.9. The lowest BCUT2D eigenvalue weighted by Gasteiger charge is -2.11. The van der Waals surface area contributed by atoms with Gasteiger partial charge in [-0.25, -0.2) is 0 Å². The molecule has 0 radical (unpaired) electrons. The van der Waals surface area contributed by atoms with Gasteiger partial charge in [-0.1, -0.05) is 0 Å². The predicted octanol–water partition coefficient (Wildman–Crippen LogP) is 1.48. The highest BCUT2D eigenvalue weighted by Gasteiger charge is 2.18. The Balaban J connectivity index is 1.93. The number of hydrogen-bond acceptors (Lipinski definition) is 5. The molecule has 0 spiro atoms. The van der Waals surface area contributed by atoms with Gasteiger partial charge in [-0.2, -0.15) is 0 Å². The second-order valence-electron chi connectivity index (χ2n) is 4.98. The lowest BCUT2D eigenvalue weighted by Crippen LogP contribution is -2.30. The minimum atomic E-state index is -0.535. The molecule has 1 fully saturated rings. The molecular formula is C14H19N3O4. The maximum Gasteiger partial charge on any atom is 0.310 e. The average molecular weight is 293 g/mol. The summed E-state index contributed by atoms with van der Waals surface area (Å²) in [6.07, 6.45) is 3.20. The van der Waals surface area contributed by atoms with Crippen molar-refractivity contribution in [1.82, 2.24) is 10.6 Å². The summed E-state index contributed by atoms with van der Waals surface area (Å²) >= 11 is 0. The topological polar surface area (TPSA) is 93.5 Å². The maximum atomic E-state index is 12.0. The van der Waals surface area contributed by atoms with Crippen LogP contribution in [-0.2, 0) is 0 Å². The average Bonchev–Trinajstić information content (AvgIpc) is 2.99. The quantitative estimate of drug-likeness (QED) is 0.612. The molecule has 2 rings (SSSR count). The summed E-state index contributed by atoms with van der Waals surface area (Å²) in [5.74, 6) is -0.161. The Hall–Kier alpha value is -2.15. The van der Waals surface area contributed by atoms with Crippen LogP contribution in [0, 0.1) is 10.1 Å². The van der Waals surface area contributed by atoms with Crippen molar-refractivity contribution >= 4 is 11.6 Å². The van der Waals surface area contributed by atoms with Crippen molar-refractivity contribution in [2.45, 2.75) is 25.3 Å². The fourth-order valence-corrected chi connectivity index (χ4v) is 2.43. The van der Waals surface area contributed by atoms with Crippen LogP contribution in [0.1, 0.15) is 29.6 Å². The number of hydrogen-bond donors (Lipinski definition) is 2. The Morgan fingerprint density at radius 2 is 2.38 bits per heavy atom. The van der Waals surface area contributed by atoms with Gasteiger partial charge in [0.1, 0.15) is 0 Å². The monoisotopic (exact) mass is 293 g/mol. The lowest BCUT2D eigenvalue weighted by molar-refractivity contribution is -0.385. The molecule has 1 aliphatic heterocycles. The number of nitro benzene ring substituents is 1. The van der Waals surface area contributed by atoms with E-state index in [1.54, 1.807) is 0 Å². The van der Waals surface area contributed by atoms with Crippen LogP contribution in [0.3, 0.4) is 0 Å². The highest BCUT2D eigenvalue weighted by molar-refractivity contribution is 5.95. The van der Waals surface area contributed by atoms with Crippen LogP contribution in [-0.4, -0.2) is 37.1 Å². The van der Waals surface area contributed by atoms with Gasteiger partial charge < -0.3 is 15.4 Å². The normalized spacial score (nSPS) is 17.5. The molecule has 0 unspecified atom stereocenters. The number of nitrogens with zero attached hydrogens (tertiary/aromatic N) is 1. The van der Waals surface area contributed by atoms with Crippen molar-refractivity contribution in [3.63, 3.8) is 0 Å². The van der Waals surface area contributed by atoms with Gasteiger partial charge in [0.15, 0.2) is 5.75 Å². The first-order valence-electron chi connectivity index (χ1n) is 6.96. The SMILES string of the molecule is COc1cc(C(=O)NCC[C@@H]2CCCN2)ccc1[N+](=O)[O-]. The molecule has 1 aliphatic rings. The van der Waals surface area contributed by atoms with Crippen LogP contribution in [0.2, 0.25) is 0 Å². The second kappa shape index (κ2) is 7.03. The Morgan fingerprint density at radius 3 is 3.00 bits per heavy atom. The van der Waals surface area contributed by atoms with E-state index in [9.17, 15) is 14.9 Å². The number of methoxy groups -OCH3 is 1. The number of carbonyl (C=O) groups is 1. The van der Waals surface area contributed by atoms with E-state index in [-0.39, 0.29) is 17.3 Å². The Bertz CT molecular complexity index is 527. The molecule has 0 saturated carbocycles. The Morgan fingerprint density at radius 1 is 1.57 bits per heavy atom. The summed E-state index contributed by atoms with van der Waals surface area (Å²) in [6, 6.07) is 4.58. The molecular weight excluding hydrogens is 274 g/mol. The van der Waals surface area contributed by atoms with E-state index >= 15 is 0 Å². The van der Waals surface area contributed by atoms with Crippen molar-refractivity contribution in [3.05, 3.63) is 33.9 Å². The van der Waals surface area contributed by atoms with Crippen LogP contribution in [0.25, 0.3) is 0 Å². The van der Waals surface area contributed by atoms with E-state index < -0.39 is 4.92 Å². The molecule has 1 aromatic carbocycles. The van der Waals surface area contributed by atoms with Crippen LogP contribution in [0.4, 0.5) is 5.69 Å². The molecule has 1 heterocycles. The summed E-state index contributed by atoms with van der Waals surface area (Å²) < 4.78 is 4.95. The number of rotatable bonds is 6. The van der Waals surface area contributed by atoms with Gasteiger partial charge in [0.2, 0.25) is 0 Å². The molecule has 21 heavy (non-hydrogen) atoms. The molecule has 1 aromatic rings. The number of benzene rings is 1. The highest BCUT2D eigenvalue weighted by Crippen LogP contribution is 2.27. The first-order chi connectivity index (χ1) is 10.1. The first kappa shape index (κ1) is 15.2. The van der Waals surface area contributed by atoms with Gasteiger partial charge in [-0.05, 0) is 31.9 Å². The second-order valence-corrected chi connectivity index (χ2v) is 4.98. The summed E-state index contributed by atoms with van der Waals surface area (Å²) in [6.45, 7) is 1.62. The number of nitrogens with one attached hydrogen (secondary N) is 2. The van der Waals surface area contributed by atoms with E-state index in [2.05, 4.69) is 10.6 Å². The van der Waals surface area contributed by atoms with Crippen molar-refractivity contribution in [2.75, 3.05) is 20.2 Å². The van der Waals surface area contributed by atoms with E-state index in [4.69, 9.17) is 4.74 Å². The third-order valence-corrected chi connectivity index (χ3v) is 3.58. The highest BCUT2D eigenvalue weighted by atomic mass is 16.6. The summed E-state index contributed by atoms with van der Waals surface area (Å²) in [5.41, 5.74) is 0.209. The fourth-order valence-electron chi connectivity index (χ4n) is 2.43. The third kappa shape index (κ3) is 3.91. The van der Waals surface area contributed by atoms with Gasteiger partial charge in [-0.3, -0.25) is 14.9 Å². The number of nitro groups is 1. The first-order valence-corrected chi connectivity index (χ1v) is 6.96. The van der Waals surface area contributed by atoms with Crippen LogP contribution >= 0.6 is 0 Å². The standard InChI is InChI=1S/C14H19N3O4/c1-21-13-9-10(4-5-12(13)17(19)20)14(18)16-8-6-11-3-2-7-15-11/h4-5,9,11,15H,2-3,6-8H2,1H3,(H,16,18)/t11-/m0/s1. The lowest BCUT2D eigenvalue weighted by atomic mass is 10.1. The minimum Gasteiger partial charge on any atom is -0.490 e. The molecule has 1 saturated heterocycles. The van der Waals surface area contributed by atoms with E-state index in [1.807, 2.05) is 0 Å². The number of ether oxygens (including phenoxy) is 1. The van der Waals surface area contributed by atoms with Crippen molar-refractivity contribution in [3.8, 4) is 5.75 Å². The van der Waals surface area contributed by atoms with E-state index in [0.717, 1.165) is 19.4 Å². The predicted molar refractivity (Wildman–Crippen MR) is 77.6 cm³/mol. The molecule has 1 amide bonds. The van der Waals surface area contributed by atoms with Crippen LogP contribution in [0.5, 0.6) is 5.75 Å². The van der Waals surface area contributed by atoms with Crippen molar-refractivity contribution in [1.29, 1.82) is 0 Å². The van der Waals surface area contributed by atoms with Crippen molar-refractivity contribution in [2.24, 2.45) is 0 Å². The van der Waals surface area contributed by atoms with Crippen molar-refractivity contribution < 1.29 is 14.5 Å². The van der Waals surface area contributed by atoms with Gasteiger partial charge in [0.05, 0.1) is 12.0 Å². The zero-order valence-electron chi connectivity index (χ0n) is 11.9. The Kier molecular flexibility index (Phi) is 5.10. The number of carbonyl (C=O) groups excluding carboxylic acids is 1. The van der Waals surface area contributed by atoms with Crippen LogP contribution in [0.15, 0.2) is 18.2 Å². The summed E-state index contributed by atoms with van der Waals surface area (Å²) in [5, 5.41) is 17.0. The minimum absolute atomic E-state index is 0.0881. The fraction of sp³-hybridized carbons (Fsp3) is 0.500. The molecule has 0 aliphatic carbocycles. The van der Waals surface area contributed by atoms with Gasteiger partial charge in [-0.15, -0.1) is 0 Å². The molecule has 1 atom stereocenters. The molecule has 7 nitrogen and oxygen atoms in total. The third-order valence-electron chi connectivity index (χ3n) is 3.58. The van der Waals surface area contributed by atoms with E-state index in [1.165, 1.54) is 31.7 Å². The zero-order chi connectivity index (χ0) is 15.2. The van der Waals surface area contributed by atoms with Gasteiger partial charge >= 0.3 is 5.69 Å². The largest absolute Gasteiger partial charge is 0.490 e. The van der Waals surface area contributed by atoms with Gasteiger partial charge in [0, 0.05) is 30.3 Å². The maximum absolute atomic E-state index is 12.0. The van der Waals surface area contributed by atoms with Gasteiger partial charge in [0.25, 0.3) is 5.91 Å². The van der Waals surface area contributed by atoms with Crippen LogP contribution < -0.4 is 15.4 Å². The number of amides is 1. The molecule has 7 heteroatoms.